The highest BCUT2D eigenvalue weighted by Gasteiger charge is 2.34. The van der Waals surface area contributed by atoms with Crippen LogP contribution in [0.1, 0.15) is 26.7 Å². The van der Waals surface area contributed by atoms with E-state index in [-0.39, 0.29) is 11.3 Å². The fourth-order valence-electron chi connectivity index (χ4n) is 3.54. The lowest BCUT2D eigenvalue weighted by Crippen LogP contribution is -2.21. The molecule has 2 N–H and O–H groups in total. The summed E-state index contributed by atoms with van der Waals surface area (Å²) < 4.78 is 54.1. The first-order valence-corrected chi connectivity index (χ1v) is 11.9. The molecule has 4 aromatic carbocycles. The summed E-state index contributed by atoms with van der Waals surface area (Å²) in [5.74, 6) is -1.87. The van der Waals surface area contributed by atoms with Gasteiger partial charge in [-0.25, -0.2) is 4.39 Å². The van der Waals surface area contributed by atoms with Gasteiger partial charge in [-0.15, -0.1) is 11.8 Å². The molecule has 1 atom stereocenters. The van der Waals surface area contributed by atoms with Crippen LogP contribution in [0.25, 0.3) is 0 Å². The van der Waals surface area contributed by atoms with Crippen molar-refractivity contribution >= 4 is 35.0 Å². The lowest BCUT2D eigenvalue weighted by molar-refractivity contribution is -0.137. The van der Waals surface area contributed by atoms with Crippen LogP contribution in [0.4, 0.5) is 28.9 Å². The van der Waals surface area contributed by atoms with Crippen molar-refractivity contribution in [3.63, 3.8) is 0 Å². The Balaban J connectivity index is 1.53. The zero-order valence-corrected chi connectivity index (χ0v) is 19.9. The van der Waals surface area contributed by atoms with Gasteiger partial charge in [-0.05, 0) is 54.1 Å². The molecule has 0 aliphatic carbocycles. The van der Waals surface area contributed by atoms with Crippen molar-refractivity contribution in [2.45, 2.75) is 16.3 Å². The number of amides is 2. The molecule has 188 valence electrons. The molecule has 0 saturated heterocycles. The first kappa shape index (κ1) is 26.0. The summed E-state index contributed by atoms with van der Waals surface area (Å²) in [6, 6.07) is 25.6. The minimum atomic E-state index is -4.62. The van der Waals surface area contributed by atoms with Crippen LogP contribution < -0.4 is 10.6 Å². The van der Waals surface area contributed by atoms with E-state index in [0.717, 1.165) is 17.8 Å². The van der Waals surface area contributed by atoms with Gasteiger partial charge in [-0.1, -0.05) is 54.6 Å². The largest absolute Gasteiger partial charge is 0.418 e. The predicted octanol–water partition coefficient (Wildman–Crippen LogP) is 7.57. The van der Waals surface area contributed by atoms with Crippen molar-refractivity contribution in [2.75, 3.05) is 10.6 Å². The molecular weight excluding hydrogens is 504 g/mol. The number of para-hydroxylation sites is 1. The molecular formula is C28H20F4N2O2S. The van der Waals surface area contributed by atoms with E-state index in [9.17, 15) is 27.2 Å². The number of halogens is 4. The van der Waals surface area contributed by atoms with Crippen molar-refractivity contribution in [1.29, 1.82) is 0 Å². The first-order chi connectivity index (χ1) is 17.7. The molecule has 37 heavy (non-hydrogen) atoms. The van der Waals surface area contributed by atoms with E-state index in [1.54, 1.807) is 60.7 Å². The second-order valence-corrected chi connectivity index (χ2v) is 9.08. The zero-order chi connectivity index (χ0) is 26.4. The summed E-state index contributed by atoms with van der Waals surface area (Å²) in [6.07, 6.45) is -4.62. The molecule has 0 saturated carbocycles. The number of carbonyl (C=O) groups is 2. The Bertz CT molecular complexity index is 1390. The number of carbonyl (C=O) groups excluding carboxylic acids is 2. The summed E-state index contributed by atoms with van der Waals surface area (Å²) >= 11 is 1.14. The molecule has 9 heteroatoms. The molecule has 0 radical (unpaired) electrons. The van der Waals surface area contributed by atoms with Crippen molar-refractivity contribution in [3.05, 3.63) is 126 Å². The van der Waals surface area contributed by atoms with Crippen molar-refractivity contribution < 1.29 is 27.2 Å². The van der Waals surface area contributed by atoms with Gasteiger partial charge < -0.3 is 10.6 Å². The van der Waals surface area contributed by atoms with Crippen LogP contribution in [-0.2, 0) is 11.0 Å². The second kappa shape index (κ2) is 11.3. The molecule has 0 aliphatic rings. The van der Waals surface area contributed by atoms with Gasteiger partial charge >= 0.3 is 6.18 Å². The number of hydrogen-bond donors (Lipinski definition) is 2. The molecule has 0 aliphatic heterocycles. The quantitative estimate of drug-likeness (QED) is 0.194. The van der Waals surface area contributed by atoms with E-state index in [2.05, 4.69) is 10.6 Å². The normalized spacial score (nSPS) is 12.0. The van der Waals surface area contributed by atoms with E-state index in [4.69, 9.17) is 0 Å². The zero-order valence-electron chi connectivity index (χ0n) is 19.1. The Morgan fingerprint density at radius 1 is 0.730 bits per heavy atom. The van der Waals surface area contributed by atoms with E-state index < -0.39 is 34.6 Å². The molecule has 0 aromatic heterocycles. The summed E-state index contributed by atoms with van der Waals surface area (Å²) in [7, 11) is 0. The minimum Gasteiger partial charge on any atom is -0.324 e. The summed E-state index contributed by atoms with van der Waals surface area (Å²) in [5.41, 5.74) is -0.340. The molecule has 0 bridgehead atoms. The lowest BCUT2D eigenvalue weighted by Gasteiger charge is -2.19. The number of rotatable bonds is 7. The van der Waals surface area contributed by atoms with Crippen LogP contribution in [0.5, 0.6) is 0 Å². The number of nitrogens with one attached hydrogen (secondary N) is 2. The molecule has 1 unspecified atom stereocenters. The van der Waals surface area contributed by atoms with Gasteiger partial charge in [-0.2, -0.15) is 13.2 Å². The van der Waals surface area contributed by atoms with E-state index in [1.807, 2.05) is 0 Å². The number of hydrogen-bond acceptors (Lipinski definition) is 3. The van der Waals surface area contributed by atoms with Crippen LogP contribution in [0, 0.1) is 5.82 Å². The Morgan fingerprint density at radius 3 is 2.03 bits per heavy atom. The number of benzene rings is 4. The van der Waals surface area contributed by atoms with Crippen LogP contribution in [-0.4, -0.2) is 11.8 Å². The van der Waals surface area contributed by atoms with Gasteiger partial charge in [0.2, 0.25) is 5.91 Å². The Morgan fingerprint density at radius 2 is 1.35 bits per heavy atom. The van der Waals surface area contributed by atoms with Gasteiger partial charge in [0.25, 0.3) is 5.91 Å². The standard InChI is InChI=1S/C28H20F4N2O2S/c29-23-12-6-4-10-21(23)26(35)33-19-14-16-20(17-15-19)37-25(18-8-2-1-3-9-18)27(36)34-24-13-7-5-11-22(24)28(30,31)32/h1-17,25H,(H,33,35)(H,34,36). The number of alkyl halides is 3. The molecule has 4 nitrogen and oxygen atoms in total. The smallest absolute Gasteiger partial charge is 0.324 e. The molecule has 2 amide bonds. The highest BCUT2D eigenvalue weighted by atomic mass is 32.2. The number of thioether (sulfide) groups is 1. The molecule has 0 fully saturated rings. The monoisotopic (exact) mass is 524 g/mol. The fraction of sp³-hybridized carbons (Fsp3) is 0.0714. The topological polar surface area (TPSA) is 58.2 Å². The van der Waals surface area contributed by atoms with E-state index >= 15 is 0 Å². The van der Waals surface area contributed by atoms with Crippen LogP contribution >= 0.6 is 11.8 Å². The van der Waals surface area contributed by atoms with Gasteiger partial charge in [0.1, 0.15) is 11.1 Å². The molecule has 4 rings (SSSR count). The van der Waals surface area contributed by atoms with Crippen molar-refractivity contribution in [3.8, 4) is 0 Å². The summed E-state index contributed by atoms with van der Waals surface area (Å²) in [5, 5.41) is 4.18. The second-order valence-electron chi connectivity index (χ2n) is 7.90. The van der Waals surface area contributed by atoms with Crippen LogP contribution in [0.2, 0.25) is 0 Å². The SMILES string of the molecule is O=C(Nc1ccc(SC(C(=O)Nc2ccccc2C(F)(F)F)c2ccccc2)cc1)c1ccccc1F. The third-order valence-electron chi connectivity index (χ3n) is 5.32. The maximum atomic E-state index is 13.9. The summed E-state index contributed by atoms with van der Waals surface area (Å²) in [4.78, 5) is 26.2. The van der Waals surface area contributed by atoms with E-state index in [0.29, 0.717) is 16.1 Å². The average molecular weight is 525 g/mol. The van der Waals surface area contributed by atoms with Gasteiger partial charge in [0.05, 0.1) is 16.8 Å². The Hall–Kier alpha value is -4.11. The maximum absolute atomic E-state index is 13.9. The van der Waals surface area contributed by atoms with Crippen LogP contribution in [0.3, 0.4) is 0 Å². The lowest BCUT2D eigenvalue weighted by atomic mass is 10.1. The maximum Gasteiger partial charge on any atom is 0.418 e. The average Bonchev–Trinajstić information content (AvgIpc) is 2.88. The molecule has 4 aromatic rings. The van der Waals surface area contributed by atoms with Gasteiger partial charge in [0, 0.05) is 10.6 Å². The van der Waals surface area contributed by atoms with Gasteiger partial charge in [-0.3, -0.25) is 9.59 Å². The molecule has 0 heterocycles. The highest BCUT2D eigenvalue weighted by molar-refractivity contribution is 8.00. The van der Waals surface area contributed by atoms with Crippen molar-refractivity contribution in [2.24, 2.45) is 0 Å². The highest BCUT2D eigenvalue weighted by Crippen LogP contribution is 2.39. The third-order valence-corrected chi connectivity index (χ3v) is 6.58. The van der Waals surface area contributed by atoms with Crippen LogP contribution in [0.15, 0.2) is 108 Å². The van der Waals surface area contributed by atoms with Gasteiger partial charge in [0.15, 0.2) is 0 Å². The molecule has 0 spiro atoms. The predicted molar refractivity (Wildman–Crippen MR) is 136 cm³/mol. The minimum absolute atomic E-state index is 0.0964. The van der Waals surface area contributed by atoms with E-state index in [1.165, 1.54) is 36.4 Å². The Kier molecular flexibility index (Phi) is 7.93. The summed E-state index contributed by atoms with van der Waals surface area (Å²) in [6.45, 7) is 0. The number of anilines is 2. The Labute approximate surface area is 214 Å². The van der Waals surface area contributed by atoms with Crippen molar-refractivity contribution in [1.82, 2.24) is 0 Å². The first-order valence-electron chi connectivity index (χ1n) is 11.1. The fourth-order valence-corrected chi connectivity index (χ4v) is 4.56. The third kappa shape index (κ3) is 6.56.